The van der Waals surface area contributed by atoms with E-state index in [1.54, 1.807) is 13.0 Å². The molecule has 0 bridgehead atoms. The molecule has 4 heteroatoms. The van der Waals surface area contributed by atoms with Crippen LogP contribution in [0.4, 0.5) is 4.39 Å². The van der Waals surface area contributed by atoms with Gasteiger partial charge in [0.15, 0.2) is 5.78 Å². The number of carbonyl (C=O) groups excluding carboxylic acids is 1. The van der Waals surface area contributed by atoms with E-state index in [9.17, 15) is 9.18 Å². The van der Waals surface area contributed by atoms with E-state index in [0.29, 0.717) is 12.3 Å². The lowest BCUT2D eigenvalue weighted by molar-refractivity contribution is 0.0970. The molecule has 0 radical (unpaired) electrons. The largest absolute Gasteiger partial charge is 0.317 e. The Hall–Kier alpha value is -1.78. The van der Waals surface area contributed by atoms with Gasteiger partial charge in [-0.15, -0.1) is 0 Å². The van der Waals surface area contributed by atoms with E-state index < -0.39 is 0 Å². The molecule has 2 aliphatic rings. The highest BCUT2D eigenvalue weighted by Crippen LogP contribution is 2.24. The Kier molecular flexibility index (Phi) is 8.83. The molecule has 3 rings (SSSR count). The third-order valence-electron chi connectivity index (χ3n) is 6.49. The van der Waals surface area contributed by atoms with Gasteiger partial charge in [0, 0.05) is 25.1 Å². The van der Waals surface area contributed by atoms with Crippen LogP contribution in [-0.2, 0) is 13.0 Å². The number of hydrogen-bond donors (Lipinski definition) is 1. The summed E-state index contributed by atoms with van der Waals surface area (Å²) in [7, 11) is 0. The van der Waals surface area contributed by atoms with Crippen LogP contribution in [0, 0.1) is 11.8 Å². The van der Waals surface area contributed by atoms with Gasteiger partial charge in [-0.25, -0.2) is 4.39 Å². The molecule has 1 N–H and O–H groups in total. The van der Waals surface area contributed by atoms with Crippen molar-refractivity contribution in [1.82, 2.24) is 10.2 Å². The first kappa shape index (κ1) is 22.9. The summed E-state index contributed by atoms with van der Waals surface area (Å²) in [6.45, 7) is 8.83. The zero-order valence-corrected chi connectivity index (χ0v) is 18.6. The smallest absolute Gasteiger partial charge is 0.162 e. The fraction of sp³-hybridized carbons (Fsp3) is 0.577. The van der Waals surface area contributed by atoms with Crippen LogP contribution in [0.25, 0.3) is 0 Å². The standard InChI is InChI=1S/C26H37FN2O/c1-3-25(27)10-6-20(2)18-29-16-4-5-22-8-9-23(17-24(22)19-29)26(30)11-7-21-12-14-28-15-13-21/h3,6,8-10,17,20-21,28H,4-5,7,11-16,18-19H2,1-2H3/b10-6-,25-3+. The minimum absolute atomic E-state index is 0.185. The number of Topliss-reactive ketones (excluding diaryl/α,β-unsaturated/α-hetero) is 1. The lowest BCUT2D eigenvalue weighted by Gasteiger charge is -2.23. The van der Waals surface area contributed by atoms with E-state index in [2.05, 4.69) is 29.3 Å². The highest BCUT2D eigenvalue weighted by Gasteiger charge is 2.19. The molecular weight excluding hydrogens is 375 g/mol. The average molecular weight is 413 g/mol. The SMILES string of the molecule is C/C=C(F)\C=C/C(C)CN1CCCc2ccc(C(=O)CCC3CCNCC3)cc2C1. The summed E-state index contributed by atoms with van der Waals surface area (Å²) in [5.74, 6) is 1.07. The van der Waals surface area contributed by atoms with E-state index in [-0.39, 0.29) is 17.5 Å². The molecule has 1 aromatic rings. The molecule has 0 spiro atoms. The van der Waals surface area contributed by atoms with Crippen molar-refractivity contribution in [3.05, 3.63) is 58.9 Å². The van der Waals surface area contributed by atoms with Gasteiger partial charge < -0.3 is 5.32 Å². The minimum Gasteiger partial charge on any atom is -0.317 e. The number of fused-ring (bicyclic) bond motifs is 1. The van der Waals surface area contributed by atoms with Crippen molar-refractivity contribution in [2.45, 2.75) is 58.9 Å². The van der Waals surface area contributed by atoms with Crippen molar-refractivity contribution >= 4 is 5.78 Å². The number of ketones is 1. The molecule has 164 valence electrons. The maximum absolute atomic E-state index is 13.4. The Morgan fingerprint density at radius 2 is 2.10 bits per heavy atom. The number of aryl methyl sites for hydroxylation is 1. The number of halogens is 1. The monoisotopic (exact) mass is 412 g/mol. The lowest BCUT2D eigenvalue weighted by atomic mass is 9.90. The Morgan fingerprint density at radius 1 is 1.30 bits per heavy atom. The molecule has 1 atom stereocenters. The van der Waals surface area contributed by atoms with Gasteiger partial charge in [0.2, 0.25) is 0 Å². The first-order chi connectivity index (χ1) is 14.5. The van der Waals surface area contributed by atoms with Gasteiger partial charge in [0.25, 0.3) is 0 Å². The molecule has 0 amide bonds. The number of rotatable bonds is 8. The van der Waals surface area contributed by atoms with Gasteiger partial charge in [-0.05, 0) is 93.8 Å². The molecule has 2 aliphatic heterocycles. The van der Waals surface area contributed by atoms with E-state index >= 15 is 0 Å². The molecule has 3 nitrogen and oxygen atoms in total. The topological polar surface area (TPSA) is 32.3 Å². The Bertz CT molecular complexity index is 764. The molecule has 1 aromatic carbocycles. The summed E-state index contributed by atoms with van der Waals surface area (Å²) in [4.78, 5) is 15.3. The average Bonchev–Trinajstić information content (AvgIpc) is 2.97. The molecular formula is C26H37FN2O. The fourth-order valence-electron chi connectivity index (χ4n) is 4.63. The van der Waals surface area contributed by atoms with Crippen LogP contribution in [-0.4, -0.2) is 36.9 Å². The highest BCUT2D eigenvalue weighted by molar-refractivity contribution is 5.96. The first-order valence-electron chi connectivity index (χ1n) is 11.6. The second kappa shape index (κ2) is 11.6. The highest BCUT2D eigenvalue weighted by atomic mass is 19.1. The molecule has 0 aliphatic carbocycles. The number of nitrogens with zero attached hydrogens (tertiary/aromatic N) is 1. The summed E-state index contributed by atoms with van der Waals surface area (Å²) in [5.41, 5.74) is 3.53. The van der Waals surface area contributed by atoms with Gasteiger partial charge in [-0.3, -0.25) is 9.69 Å². The van der Waals surface area contributed by atoms with Crippen molar-refractivity contribution < 1.29 is 9.18 Å². The predicted octanol–water partition coefficient (Wildman–Crippen LogP) is 5.46. The second-order valence-electron chi connectivity index (χ2n) is 8.99. The molecule has 1 unspecified atom stereocenters. The molecule has 30 heavy (non-hydrogen) atoms. The van der Waals surface area contributed by atoms with Crippen LogP contribution >= 0.6 is 0 Å². The zero-order chi connectivity index (χ0) is 21.3. The lowest BCUT2D eigenvalue weighted by Crippen LogP contribution is -2.28. The number of carbonyl (C=O) groups is 1. The van der Waals surface area contributed by atoms with Gasteiger partial charge >= 0.3 is 0 Å². The molecule has 0 saturated carbocycles. The van der Waals surface area contributed by atoms with Gasteiger partial charge in [0.05, 0.1) is 0 Å². The second-order valence-corrected chi connectivity index (χ2v) is 8.99. The Balaban J connectivity index is 1.59. The van der Waals surface area contributed by atoms with Crippen molar-refractivity contribution in [2.24, 2.45) is 11.8 Å². The van der Waals surface area contributed by atoms with Crippen LogP contribution in [0.3, 0.4) is 0 Å². The third kappa shape index (κ3) is 6.88. The number of allylic oxidation sites excluding steroid dienone is 3. The van der Waals surface area contributed by atoms with Crippen LogP contribution < -0.4 is 5.32 Å². The van der Waals surface area contributed by atoms with Crippen molar-refractivity contribution in [3.63, 3.8) is 0 Å². The van der Waals surface area contributed by atoms with Gasteiger partial charge in [-0.1, -0.05) is 31.2 Å². The summed E-state index contributed by atoms with van der Waals surface area (Å²) in [6.07, 6.45) is 11.2. The van der Waals surface area contributed by atoms with Crippen LogP contribution in [0.5, 0.6) is 0 Å². The predicted molar refractivity (Wildman–Crippen MR) is 122 cm³/mol. The summed E-state index contributed by atoms with van der Waals surface area (Å²) in [6, 6.07) is 6.34. The molecule has 1 saturated heterocycles. The maximum atomic E-state index is 13.4. The Labute approximate surface area is 181 Å². The number of nitrogens with one attached hydrogen (secondary N) is 1. The molecule has 1 fully saturated rings. The van der Waals surface area contributed by atoms with Crippen molar-refractivity contribution in [3.8, 4) is 0 Å². The van der Waals surface area contributed by atoms with E-state index in [1.165, 1.54) is 30.0 Å². The molecule has 2 heterocycles. The van der Waals surface area contributed by atoms with Crippen molar-refractivity contribution in [1.29, 1.82) is 0 Å². The fourth-order valence-corrected chi connectivity index (χ4v) is 4.63. The quantitative estimate of drug-likeness (QED) is 0.454. The number of piperidine rings is 1. The first-order valence-corrected chi connectivity index (χ1v) is 11.6. The van der Waals surface area contributed by atoms with Crippen LogP contribution in [0.1, 0.15) is 67.4 Å². The van der Waals surface area contributed by atoms with Crippen molar-refractivity contribution in [2.75, 3.05) is 26.2 Å². The summed E-state index contributed by atoms with van der Waals surface area (Å²) < 4.78 is 13.4. The van der Waals surface area contributed by atoms with E-state index in [4.69, 9.17) is 0 Å². The van der Waals surface area contributed by atoms with Crippen LogP contribution in [0.15, 0.2) is 42.3 Å². The third-order valence-corrected chi connectivity index (χ3v) is 6.49. The summed E-state index contributed by atoms with van der Waals surface area (Å²) >= 11 is 0. The van der Waals surface area contributed by atoms with Gasteiger partial charge in [0.1, 0.15) is 5.83 Å². The number of benzene rings is 1. The minimum atomic E-state index is -0.185. The molecule has 0 aromatic heterocycles. The van der Waals surface area contributed by atoms with Crippen LogP contribution in [0.2, 0.25) is 0 Å². The maximum Gasteiger partial charge on any atom is 0.162 e. The summed E-state index contributed by atoms with van der Waals surface area (Å²) in [5, 5.41) is 3.39. The van der Waals surface area contributed by atoms with E-state index in [1.807, 2.05) is 12.1 Å². The van der Waals surface area contributed by atoms with Gasteiger partial charge in [-0.2, -0.15) is 0 Å². The normalized spacial score (nSPS) is 20.2. The zero-order valence-electron chi connectivity index (χ0n) is 18.6. The van der Waals surface area contributed by atoms with E-state index in [0.717, 1.165) is 57.5 Å². The number of hydrogen-bond acceptors (Lipinski definition) is 3. The Morgan fingerprint density at radius 3 is 2.87 bits per heavy atom.